The molecule has 2 unspecified atom stereocenters. The van der Waals surface area contributed by atoms with E-state index in [9.17, 15) is 5.11 Å². The van der Waals surface area contributed by atoms with Gasteiger partial charge in [-0.2, -0.15) is 0 Å². The molecule has 0 bridgehead atoms. The summed E-state index contributed by atoms with van der Waals surface area (Å²) in [4.78, 5) is 0. The Balaban J connectivity index is 2.54. The van der Waals surface area contributed by atoms with Gasteiger partial charge in [0.25, 0.3) is 0 Å². The maximum absolute atomic E-state index is 9.46. The summed E-state index contributed by atoms with van der Waals surface area (Å²) in [5.74, 6) is 0.821. The van der Waals surface area contributed by atoms with Gasteiger partial charge in [0.05, 0.1) is 6.10 Å². The van der Waals surface area contributed by atoms with E-state index in [1.807, 2.05) is 19.1 Å². The number of aliphatic hydroxyl groups is 1. The number of benzene rings is 1. The molecule has 3 heteroatoms. The second-order valence-corrected chi connectivity index (χ2v) is 4.86. The number of rotatable bonds is 9. The second kappa shape index (κ2) is 8.94. The summed E-state index contributed by atoms with van der Waals surface area (Å²) >= 11 is 0. The molecule has 0 aliphatic rings. The first kappa shape index (κ1) is 16.0. The first-order valence-electron chi connectivity index (χ1n) is 7.35. The normalized spacial score (nSPS) is 14.1. The molecule has 0 heterocycles. The van der Waals surface area contributed by atoms with Crippen molar-refractivity contribution in [2.24, 2.45) is 0 Å². The Morgan fingerprint density at radius 2 is 1.79 bits per heavy atom. The van der Waals surface area contributed by atoms with Crippen molar-refractivity contribution in [3.05, 3.63) is 29.8 Å². The van der Waals surface area contributed by atoms with Crippen molar-refractivity contribution in [3.63, 3.8) is 0 Å². The van der Waals surface area contributed by atoms with Crippen LogP contribution in [0.15, 0.2) is 24.3 Å². The average Bonchev–Trinajstić information content (AvgIpc) is 2.46. The van der Waals surface area contributed by atoms with Gasteiger partial charge in [-0.3, -0.25) is 0 Å². The van der Waals surface area contributed by atoms with Gasteiger partial charge >= 0.3 is 0 Å². The number of hydrogen-bond acceptors (Lipinski definition) is 3. The van der Waals surface area contributed by atoms with Gasteiger partial charge in [-0.05, 0) is 43.5 Å². The minimum atomic E-state index is -0.380. The van der Waals surface area contributed by atoms with E-state index in [0.29, 0.717) is 12.6 Å². The highest BCUT2D eigenvalue weighted by Gasteiger charge is 2.08. The van der Waals surface area contributed by atoms with Crippen LogP contribution in [0.5, 0.6) is 5.75 Å². The van der Waals surface area contributed by atoms with Crippen LogP contribution >= 0.6 is 0 Å². The minimum absolute atomic E-state index is 0.362. The van der Waals surface area contributed by atoms with Crippen LogP contribution in [-0.4, -0.2) is 24.4 Å². The molecule has 0 fully saturated rings. The molecule has 1 rings (SSSR count). The lowest BCUT2D eigenvalue weighted by atomic mass is 10.0. The molecular weight excluding hydrogens is 238 g/mol. The molecule has 2 atom stereocenters. The van der Waals surface area contributed by atoms with Crippen molar-refractivity contribution in [1.82, 2.24) is 5.32 Å². The lowest BCUT2D eigenvalue weighted by molar-refractivity contribution is 0.104. The average molecular weight is 265 g/mol. The quantitative estimate of drug-likeness (QED) is 0.720. The molecule has 0 aromatic heterocycles. The third-order valence-electron chi connectivity index (χ3n) is 3.25. The lowest BCUT2D eigenvalue weighted by Gasteiger charge is -2.17. The fourth-order valence-corrected chi connectivity index (χ4v) is 1.92. The van der Waals surface area contributed by atoms with Gasteiger partial charge < -0.3 is 15.2 Å². The Hall–Kier alpha value is -1.06. The van der Waals surface area contributed by atoms with Crippen LogP contribution in [-0.2, 0) is 0 Å². The zero-order chi connectivity index (χ0) is 14.1. The van der Waals surface area contributed by atoms with Gasteiger partial charge in [-0.25, -0.2) is 0 Å². The SMILES string of the molecule is CCCNC(CC)c1ccc(OCC(O)CC)cc1. The molecule has 0 spiro atoms. The highest BCUT2D eigenvalue weighted by molar-refractivity contribution is 5.29. The second-order valence-electron chi connectivity index (χ2n) is 4.86. The summed E-state index contributed by atoms with van der Waals surface area (Å²) in [6.45, 7) is 7.72. The highest BCUT2D eigenvalue weighted by Crippen LogP contribution is 2.20. The summed E-state index contributed by atoms with van der Waals surface area (Å²) in [7, 11) is 0. The molecular formula is C16H27NO2. The van der Waals surface area contributed by atoms with Gasteiger partial charge in [-0.1, -0.05) is 32.9 Å². The molecule has 0 radical (unpaired) electrons. The maximum Gasteiger partial charge on any atom is 0.119 e. The zero-order valence-electron chi connectivity index (χ0n) is 12.4. The Bertz CT molecular complexity index is 337. The maximum atomic E-state index is 9.46. The van der Waals surface area contributed by atoms with Crippen molar-refractivity contribution in [2.75, 3.05) is 13.2 Å². The van der Waals surface area contributed by atoms with Crippen LogP contribution in [0.25, 0.3) is 0 Å². The van der Waals surface area contributed by atoms with Gasteiger partial charge in [-0.15, -0.1) is 0 Å². The summed E-state index contributed by atoms with van der Waals surface area (Å²) in [6, 6.07) is 8.58. The van der Waals surface area contributed by atoms with Crippen LogP contribution in [0.4, 0.5) is 0 Å². The summed E-state index contributed by atoms with van der Waals surface area (Å²) in [6.07, 6.45) is 2.56. The molecule has 0 saturated carbocycles. The van der Waals surface area contributed by atoms with E-state index in [0.717, 1.165) is 31.6 Å². The van der Waals surface area contributed by atoms with Gasteiger partial charge in [0.15, 0.2) is 0 Å². The third-order valence-corrected chi connectivity index (χ3v) is 3.25. The van der Waals surface area contributed by atoms with Gasteiger partial charge in [0, 0.05) is 6.04 Å². The van der Waals surface area contributed by atoms with Gasteiger partial charge in [0.1, 0.15) is 12.4 Å². The van der Waals surface area contributed by atoms with Crippen molar-refractivity contribution in [1.29, 1.82) is 0 Å². The molecule has 108 valence electrons. The molecule has 1 aromatic carbocycles. The number of aliphatic hydroxyl groups excluding tert-OH is 1. The minimum Gasteiger partial charge on any atom is -0.491 e. The van der Waals surface area contributed by atoms with Crippen LogP contribution < -0.4 is 10.1 Å². The number of hydrogen-bond donors (Lipinski definition) is 2. The summed E-state index contributed by atoms with van der Waals surface area (Å²) < 4.78 is 5.54. The number of nitrogens with one attached hydrogen (secondary N) is 1. The van der Waals surface area contributed by atoms with Crippen molar-refractivity contribution < 1.29 is 9.84 Å². The topological polar surface area (TPSA) is 41.5 Å². The molecule has 0 aliphatic heterocycles. The fraction of sp³-hybridized carbons (Fsp3) is 0.625. The van der Waals surface area contributed by atoms with Gasteiger partial charge in [0.2, 0.25) is 0 Å². The summed E-state index contributed by atoms with van der Waals surface area (Å²) in [5.41, 5.74) is 1.29. The molecule has 2 N–H and O–H groups in total. The predicted octanol–water partition coefficient (Wildman–Crippen LogP) is 3.29. The molecule has 1 aromatic rings. The summed E-state index contributed by atoms with van der Waals surface area (Å²) in [5, 5.41) is 13.0. The first-order valence-corrected chi connectivity index (χ1v) is 7.35. The molecule has 19 heavy (non-hydrogen) atoms. The van der Waals surface area contributed by atoms with E-state index in [-0.39, 0.29) is 6.10 Å². The van der Waals surface area contributed by atoms with Crippen LogP contribution in [0, 0.1) is 0 Å². The zero-order valence-corrected chi connectivity index (χ0v) is 12.4. The van der Waals surface area contributed by atoms with E-state index in [1.165, 1.54) is 5.56 Å². The van der Waals surface area contributed by atoms with E-state index in [2.05, 4.69) is 31.3 Å². The van der Waals surface area contributed by atoms with Crippen LogP contribution in [0.1, 0.15) is 51.6 Å². The lowest BCUT2D eigenvalue weighted by Crippen LogP contribution is -2.21. The third kappa shape index (κ3) is 5.62. The van der Waals surface area contributed by atoms with Crippen LogP contribution in [0.2, 0.25) is 0 Å². The Labute approximate surface area is 117 Å². The molecule has 0 saturated heterocycles. The fourth-order valence-electron chi connectivity index (χ4n) is 1.92. The van der Waals surface area contributed by atoms with Crippen molar-refractivity contribution >= 4 is 0 Å². The standard InChI is InChI=1S/C16H27NO2/c1-4-11-17-16(6-3)13-7-9-15(10-8-13)19-12-14(18)5-2/h7-10,14,16-18H,4-6,11-12H2,1-3H3. The molecule has 0 aliphatic carbocycles. The molecule has 0 amide bonds. The Kier molecular flexibility index (Phi) is 7.53. The van der Waals surface area contributed by atoms with Crippen molar-refractivity contribution in [2.45, 2.75) is 52.2 Å². The monoisotopic (exact) mass is 265 g/mol. The Morgan fingerprint density at radius 3 is 2.32 bits per heavy atom. The van der Waals surface area contributed by atoms with E-state index >= 15 is 0 Å². The van der Waals surface area contributed by atoms with Crippen molar-refractivity contribution in [3.8, 4) is 5.75 Å². The largest absolute Gasteiger partial charge is 0.491 e. The highest BCUT2D eigenvalue weighted by atomic mass is 16.5. The number of ether oxygens (including phenoxy) is 1. The Morgan fingerprint density at radius 1 is 1.11 bits per heavy atom. The van der Waals surface area contributed by atoms with E-state index in [4.69, 9.17) is 4.74 Å². The van der Waals surface area contributed by atoms with Crippen LogP contribution in [0.3, 0.4) is 0 Å². The smallest absolute Gasteiger partial charge is 0.119 e. The molecule has 3 nitrogen and oxygen atoms in total. The predicted molar refractivity (Wildman–Crippen MR) is 79.6 cm³/mol. The first-order chi connectivity index (χ1) is 9.21. The van der Waals surface area contributed by atoms with E-state index < -0.39 is 0 Å². The van der Waals surface area contributed by atoms with E-state index in [1.54, 1.807) is 0 Å².